The lowest BCUT2D eigenvalue weighted by atomic mass is 10.1. The summed E-state index contributed by atoms with van der Waals surface area (Å²) in [4.78, 5) is 17.8. The molecule has 148 valence electrons. The fourth-order valence-corrected chi connectivity index (χ4v) is 5.01. The number of thioether (sulfide) groups is 1. The number of hydrogen-bond donors (Lipinski definition) is 0. The van der Waals surface area contributed by atoms with Gasteiger partial charge in [-0.1, -0.05) is 29.5 Å². The zero-order chi connectivity index (χ0) is 20.3. The van der Waals surface area contributed by atoms with Gasteiger partial charge in [0.25, 0.3) is 5.91 Å². The first-order valence-electron chi connectivity index (χ1n) is 8.73. The van der Waals surface area contributed by atoms with E-state index in [9.17, 15) is 13.2 Å². The highest BCUT2D eigenvalue weighted by atomic mass is 32.2. The smallest absolute Gasteiger partial charge is 0.252 e. The van der Waals surface area contributed by atoms with Crippen LogP contribution in [0.5, 0.6) is 0 Å². The molecular weight excluding hydrogens is 412 g/mol. The van der Waals surface area contributed by atoms with E-state index in [-0.39, 0.29) is 17.2 Å². The monoisotopic (exact) mass is 434 g/mol. The molecule has 3 rings (SSSR count). The summed E-state index contributed by atoms with van der Waals surface area (Å²) in [5.41, 5.74) is 3.01. The maximum atomic E-state index is 12.5. The Hall–Kier alpha value is -1.90. The quantitative estimate of drug-likeness (QED) is 0.596. The molecule has 0 aliphatic heterocycles. The van der Waals surface area contributed by atoms with E-state index in [0.29, 0.717) is 4.80 Å². The minimum absolute atomic E-state index is 0.139. The summed E-state index contributed by atoms with van der Waals surface area (Å²) in [5, 5.41) is 0. The van der Waals surface area contributed by atoms with Gasteiger partial charge in [0.15, 0.2) is 14.6 Å². The molecule has 0 saturated heterocycles. The number of thiazole rings is 1. The van der Waals surface area contributed by atoms with Crippen molar-refractivity contribution in [1.82, 2.24) is 4.57 Å². The maximum absolute atomic E-state index is 12.5. The van der Waals surface area contributed by atoms with Gasteiger partial charge in [0, 0.05) is 18.6 Å². The summed E-state index contributed by atoms with van der Waals surface area (Å²) in [5.74, 6) is 0.696. The molecule has 5 nitrogen and oxygen atoms in total. The predicted octanol–water partition coefficient (Wildman–Crippen LogP) is 3.45. The van der Waals surface area contributed by atoms with Crippen molar-refractivity contribution in [3.8, 4) is 0 Å². The number of nitrogens with zero attached hydrogens (tertiary/aromatic N) is 2. The summed E-state index contributed by atoms with van der Waals surface area (Å²) in [6, 6.07) is 12.6. The number of carbonyl (C=O) groups is 1. The lowest BCUT2D eigenvalue weighted by Crippen LogP contribution is -2.18. The molecule has 28 heavy (non-hydrogen) atoms. The first-order valence-corrected chi connectivity index (χ1v) is 12.8. The molecule has 2 aromatic carbocycles. The largest absolute Gasteiger partial charge is 0.316 e. The minimum Gasteiger partial charge on any atom is -0.316 e. The van der Waals surface area contributed by atoms with Crippen LogP contribution in [-0.4, -0.2) is 37.2 Å². The van der Waals surface area contributed by atoms with Crippen LogP contribution in [-0.2, 0) is 27.6 Å². The molecule has 0 unspecified atom stereocenters. The summed E-state index contributed by atoms with van der Waals surface area (Å²) in [6.07, 6.45) is 3.36. The molecule has 0 fully saturated rings. The van der Waals surface area contributed by atoms with Gasteiger partial charge in [-0.3, -0.25) is 4.79 Å². The van der Waals surface area contributed by atoms with Gasteiger partial charge in [-0.15, -0.1) is 0 Å². The molecular formula is C20H22N2O3S3. The summed E-state index contributed by atoms with van der Waals surface area (Å²) < 4.78 is 26.3. The van der Waals surface area contributed by atoms with Gasteiger partial charge in [-0.2, -0.15) is 16.8 Å². The van der Waals surface area contributed by atoms with E-state index in [0.717, 1.165) is 28.1 Å². The van der Waals surface area contributed by atoms with Crippen molar-refractivity contribution in [1.29, 1.82) is 0 Å². The number of fused-ring (bicyclic) bond motifs is 1. The second-order valence-electron chi connectivity index (χ2n) is 6.60. The van der Waals surface area contributed by atoms with Crippen LogP contribution in [0.3, 0.4) is 0 Å². The number of aryl methyl sites for hydroxylation is 2. The first kappa shape index (κ1) is 20.8. The van der Waals surface area contributed by atoms with Crippen LogP contribution in [0.25, 0.3) is 10.2 Å². The van der Waals surface area contributed by atoms with Crippen molar-refractivity contribution in [3.63, 3.8) is 0 Å². The van der Waals surface area contributed by atoms with Crippen LogP contribution >= 0.6 is 23.1 Å². The molecule has 8 heteroatoms. The van der Waals surface area contributed by atoms with Crippen LogP contribution in [0.2, 0.25) is 0 Å². The Kier molecular flexibility index (Phi) is 6.42. The average molecular weight is 435 g/mol. The van der Waals surface area contributed by atoms with Gasteiger partial charge in [-0.25, -0.2) is 8.42 Å². The van der Waals surface area contributed by atoms with Crippen molar-refractivity contribution in [2.75, 3.05) is 18.3 Å². The van der Waals surface area contributed by atoms with Gasteiger partial charge in [-0.05, 0) is 48.6 Å². The lowest BCUT2D eigenvalue weighted by molar-refractivity contribution is -0.117. The summed E-state index contributed by atoms with van der Waals surface area (Å²) >= 11 is 3.27. The number of hydrogen-bond acceptors (Lipinski definition) is 5. The zero-order valence-corrected chi connectivity index (χ0v) is 18.5. The number of benzene rings is 2. The number of carbonyl (C=O) groups excluding carboxylic acids is 1. The van der Waals surface area contributed by atoms with Gasteiger partial charge >= 0.3 is 0 Å². The van der Waals surface area contributed by atoms with Gasteiger partial charge < -0.3 is 4.57 Å². The van der Waals surface area contributed by atoms with E-state index >= 15 is 0 Å². The van der Waals surface area contributed by atoms with E-state index in [2.05, 4.69) is 34.0 Å². The molecule has 3 aromatic rings. The normalized spacial score (nSPS) is 12.6. The molecule has 0 bridgehead atoms. The minimum atomic E-state index is -3.24. The Balaban J connectivity index is 1.91. The highest BCUT2D eigenvalue weighted by molar-refractivity contribution is 7.98. The Labute approximate surface area is 173 Å². The summed E-state index contributed by atoms with van der Waals surface area (Å²) in [6.45, 7) is 2.84. The Morgan fingerprint density at radius 1 is 1.18 bits per heavy atom. The molecule has 0 aliphatic rings. The van der Waals surface area contributed by atoms with Crippen molar-refractivity contribution in [2.24, 2.45) is 4.99 Å². The van der Waals surface area contributed by atoms with E-state index < -0.39 is 9.84 Å². The standard InChI is InChI=1S/C20H22N2O3S3/c1-14-4-9-17-18(12-14)27-20(22(17)10-11-26-2)21-19(23)13-15-5-7-16(8-6-15)28(3,24)25/h4-9,12H,10-11,13H2,1-3H3. The average Bonchev–Trinajstić information content (AvgIpc) is 2.95. The van der Waals surface area contributed by atoms with Crippen molar-refractivity contribution >= 4 is 49.1 Å². The predicted molar refractivity (Wildman–Crippen MR) is 117 cm³/mol. The fraction of sp³-hybridized carbons (Fsp3) is 0.300. The van der Waals surface area contributed by atoms with Gasteiger partial charge in [0.2, 0.25) is 0 Å². The molecule has 1 heterocycles. The number of aromatic nitrogens is 1. The Morgan fingerprint density at radius 3 is 2.54 bits per heavy atom. The SMILES string of the molecule is CSCCn1c(=NC(=O)Cc2ccc(S(C)(=O)=O)cc2)sc2cc(C)ccc21. The number of amides is 1. The molecule has 0 saturated carbocycles. The van der Waals surface area contributed by atoms with Crippen LogP contribution in [0.4, 0.5) is 0 Å². The third kappa shape index (κ3) is 4.92. The highest BCUT2D eigenvalue weighted by Gasteiger charge is 2.10. The van der Waals surface area contributed by atoms with Crippen LogP contribution in [0.15, 0.2) is 52.4 Å². The molecule has 0 aliphatic carbocycles. The molecule has 0 N–H and O–H groups in total. The van der Waals surface area contributed by atoms with Crippen molar-refractivity contribution < 1.29 is 13.2 Å². The van der Waals surface area contributed by atoms with E-state index in [1.54, 1.807) is 23.9 Å². The maximum Gasteiger partial charge on any atom is 0.252 e. The Morgan fingerprint density at radius 2 is 1.89 bits per heavy atom. The molecule has 1 amide bonds. The van der Waals surface area contributed by atoms with Gasteiger partial charge in [0.05, 0.1) is 21.5 Å². The van der Waals surface area contributed by atoms with E-state index in [1.807, 2.05) is 6.92 Å². The Bertz CT molecular complexity index is 1170. The van der Waals surface area contributed by atoms with E-state index in [1.165, 1.54) is 35.3 Å². The second kappa shape index (κ2) is 8.63. The van der Waals surface area contributed by atoms with Crippen molar-refractivity contribution in [2.45, 2.75) is 24.8 Å². The van der Waals surface area contributed by atoms with Crippen LogP contribution < -0.4 is 4.80 Å². The van der Waals surface area contributed by atoms with Crippen molar-refractivity contribution in [3.05, 3.63) is 58.4 Å². The molecule has 0 atom stereocenters. The van der Waals surface area contributed by atoms with E-state index in [4.69, 9.17) is 0 Å². The van der Waals surface area contributed by atoms with Crippen LogP contribution in [0, 0.1) is 6.92 Å². The summed E-state index contributed by atoms with van der Waals surface area (Å²) in [7, 11) is -3.24. The third-order valence-corrected chi connectivity index (χ3v) is 7.04. The second-order valence-corrected chi connectivity index (χ2v) is 10.6. The molecule has 1 aromatic heterocycles. The molecule has 0 spiro atoms. The zero-order valence-electron chi connectivity index (χ0n) is 16.0. The lowest BCUT2D eigenvalue weighted by Gasteiger charge is -2.04. The number of rotatable bonds is 6. The molecule has 0 radical (unpaired) electrons. The fourth-order valence-electron chi connectivity index (χ4n) is 2.84. The highest BCUT2D eigenvalue weighted by Crippen LogP contribution is 2.19. The first-order chi connectivity index (χ1) is 13.3. The van der Waals surface area contributed by atoms with Crippen LogP contribution in [0.1, 0.15) is 11.1 Å². The number of sulfone groups is 1. The van der Waals surface area contributed by atoms with Gasteiger partial charge in [0.1, 0.15) is 0 Å². The third-order valence-electron chi connectivity index (χ3n) is 4.28. The topological polar surface area (TPSA) is 68.5 Å².